The van der Waals surface area contributed by atoms with Crippen LogP contribution in [0, 0.1) is 6.92 Å². The Morgan fingerprint density at radius 3 is 1.64 bits per heavy atom. The number of hydrogen-bond acceptors (Lipinski definition) is 0. The highest BCUT2D eigenvalue weighted by atomic mass is 35.5. The maximum atomic E-state index is 5.56. The zero-order valence-corrected chi connectivity index (χ0v) is 8.20. The summed E-state index contributed by atoms with van der Waals surface area (Å²) in [4.78, 5) is 0. The summed E-state index contributed by atoms with van der Waals surface area (Å²) in [6.45, 7) is 3.82. The molecule has 0 fully saturated rings. The first-order chi connectivity index (χ1) is 5.41. The lowest BCUT2D eigenvalue weighted by molar-refractivity contribution is 0.592. The molecule has 0 amide bonds. The van der Waals surface area contributed by atoms with Crippen molar-refractivity contribution in [3.05, 3.63) is 6.92 Å². The van der Waals surface area contributed by atoms with Gasteiger partial charge in [0.2, 0.25) is 0 Å². The van der Waals surface area contributed by atoms with Crippen LogP contribution in [-0.2, 0) is 0 Å². The number of unbranched alkanes of at least 4 members (excludes halogenated alkanes) is 7. The molecule has 11 heavy (non-hydrogen) atoms. The Morgan fingerprint density at radius 1 is 0.727 bits per heavy atom. The second kappa shape index (κ2) is 10.3. The first kappa shape index (κ1) is 11.3. The van der Waals surface area contributed by atoms with E-state index in [0.717, 1.165) is 12.3 Å². The molecule has 0 rings (SSSR count). The monoisotopic (exact) mass is 175 g/mol. The van der Waals surface area contributed by atoms with Gasteiger partial charge >= 0.3 is 0 Å². The van der Waals surface area contributed by atoms with Crippen molar-refractivity contribution in [1.82, 2.24) is 0 Å². The minimum absolute atomic E-state index is 0.832. The van der Waals surface area contributed by atoms with Crippen molar-refractivity contribution < 1.29 is 0 Å². The lowest BCUT2D eigenvalue weighted by Crippen LogP contribution is -1.80. The molecular weight excluding hydrogens is 156 g/mol. The number of rotatable bonds is 8. The van der Waals surface area contributed by atoms with Gasteiger partial charge in [0.25, 0.3) is 0 Å². The summed E-state index contributed by atoms with van der Waals surface area (Å²) in [6, 6.07) is 0. The number of hydrogen-bond donors (Lipinski definition) is 0. The Bertz CT molecular complexity index is 53.9. The second-order valence-corrected chi connectivity index (χ2v) is 3.40. The minimum atomic E-state index is 0.832. The topological polar surface area (TPSA) is 0 Å². The molecule has 0 aliphatic rings. The molecule has 0 atom stereocenters. The van der Waals surface area contributed by atoms with Crippen molar-refractivity contribution in [2.45, 2.75) is 51.4 Å². The molecule has 0 saturated carbocycles. The third-order valence-electron chi connectivity index (χ3n) is 1.88. The molecule has 1 radical (unpaired) electrons. The molecule has 67 valence electrons. The Morgan fingerprint density at radius 2 is 1.18 bits per heavy atom. The SMILES string of the molecule is [CH2]CCCCCCCCCCl. The highest BCUT2D eigenvalue weighted by Gasteiger charge is 1.89. The highest BCUT2D eigenvalue weighted by Crippen LogP contribution is 2.08. The van der Waals surface area contributed by atoms with Gasteiger partial charge in [0.1, 0.15) is 0 Å². The van der Waals surface area contributed by atoms with Crippen molar-refractivity contribution in [3.63, 3.8) is 0 Å². The van der Waals surface area contributed by atoms with Crippen molar-refractivity contribution >= 4 is 11.6 Å². The molecule has 0 nitrogen and oxygen atoms in total. The van der Waals surface area contributed by atoms with Crippen LogP contribution in [0.15, 0.2) is 0 Å². The molecule has 0 aromatic heterocycles. The van der Waals surface area contributed by atoms with Gasteiger partial charge < -0.3 is 0 Å². The van der Waals surface area contributed by atoms with E-state index in [0.29, 0.717) is 0 Å². The van der Waals surface area contributed by atoms with E-state index in [9.17, 15) is 0 Å². The molecule has 0 aliphatic carbocycles. The van der Waals surface area contributed by atoms with E-state index in [1.54, 1.807) is 0 Å². The van der Waals surface area contributed by atoms with Gasteiger partial charge in [-0.1, -0.05) is 51.9 Å². The molecule has 0 bridgehead atoms. The van der Waals surface area contributed by atoms with Crippen molar-refractivity contribution in [2.75, 3.05) is 5.88 Å². The van der Waals surface area contributed by atoms with Gasteiger partial charge in [-0.3, -0.25) is 0 Å². The Hall–Kier alpha value is 0.290. The van der Waals surface area contributed by atoms with Crippen molar-refractivity contribution in [1.29, 1.82) is 0 Å². The average Bonchev–Trinajstić information content (AvgIpc) is 2.03. The van der Waals surface area contributed by atoms with Crippen LogP contribution in [0.2, 0.25) is 0 Å². The Balaban J connectivity index is 2.69. The summed E-state index contributed by atoms with van der Waals surface area (Å²) >= 11 is 5.56. The zero-order valence-electron chi connectivity index (χ0n) is 7.45. The Kier molecular flexibility index (Phi) is 10.6. The normalized spacial score (nSPS) is 10.4. The van der Waals surface area contributed by atoms with Crippen LogP contribution in [0.3, 0.4) is 0 Å². The predicted molar refractivity (Wildman–Crippen MR) is 53.0 cm³/mol. The largest absolute Gasteiger partial charge is 0.127 e. The fourth-order valence-electron chi connectivity index (χ4n) is 1.16. The fourth-order valence-corrected chi connectivity index (χ4v) is 1.34. The molecule has 0 aromatic rings. The minimum Gasteiger partial charge on any atom is -0.127 e. The van der Waals surface area contributed by atoms with E-state index in [1.807, 2.05) is 0 Å². The van der Waals surface area contributed by atoms with E-state index in [4.69, 9.17) is 11.6 Å². The van der Waals surface area contributed by atoms with Gasteiger partial charge in [-0.05, 0) is 6.42 Å². The van der Waals surface area contributed by atoms with Gasteiger partial charge in [0, 0.05) is 5.88 Å². The molecule has 1 heteroatoms. The molecule has 0 spiro atoms. The fraction of sp³-hybridized carbons (Fsp3) is 0.900. The van der Waals surface area contributed by atoms with E-state index in [1.165, 1.54) is 44.9 Å². The number of halogens is 1. The third-order valence-corrected chi connectivity index (χ3v) is 2.15. The molecule has 0 unspecified atom stereocenters. The molecule has 0 heterocycles. The van der Waals surface area contributed by atoms with Gasteiger partial charge in [0.05, 0.1) is 0 Å². The number of alkyl halides is 1. The lowest BCUT2D eigenvalue weighted by Gasteiger charge is -1.98. The summed E-state index contributed by atoms with van der Waals surface area (Å²) in [7, 11) is 0. The van der Waals surface area contributed by atoms with E-state index < -0.39 is 0 Å². The summed E-state index contributed by atoms with van der Waals surface area (Å²) in [5.41, 5.74) is 0. The van der Waals surface area contributed by atoms with Gasteiger partial charge in [-0.2, -0.15) is 0 Å². The predicted octanol–water partition coefficient (Wildman–Crippen LogP) is 4.18. The average molecular weight is 176 g/mol. The van der Waals surface area contributed by atoms with Crippen LogP contribution in [-0.4, -0.2) is 5.88 Å². The first-order valence-corrected chi connectivity index (χ1v) is 5.30. The second-order valence-electron chi connectivity index (χ2n) is 3.02. The van der Waals surface area contributed by atoms with E-state index >= 15 is 0 Å². The zero-order chi connectivity index (χ0) is 8.36. The summed E-state index contributed by atoms with van der Waals surface area (Å²) in [5, 5.41) is 0. The molecule has 0 saturated heterocycles. The highest BCUT2D eigenvalue weighted by molar-refractivity contribution is 6.17. The van der Waals surface area contributed by atoms with E-state index in [-0.39, 0.29) is 0 Å². The van der Waals surface area contributed by atoms with E-state index in [2.05, 4.69) is 6.92 Å². The van der Waals surface area contributed by atoms with Gasteiger partial charge in [0.15, 0.2) is 0 Å². The Labute approximate surface area is 76.3 Å². The maximum Gasteiger partial charge on any atom is 0.0223 e. The quantitative estimate of drug-likeness (QED) is 0.384. The summed E-state index contributed by atoms with van der Waals surface area (Å²) in [6.07, 6.45) is 10.4. The van der Waals surface area contributed by atoms with Crippen LogP contribution in [0.4, 0.5) is 0 Å². The molecule has 0 aromatic carbocycles. The van der Waals surface area contributed by atoms with Crippen LogP contribution < -0.4 is 0 Å². The van der Waals surface area contributed by atoms with Crippen LogP contribution >= 0.6 is 11.6 Å². The van der Waals surface area contributed by atoms with Crippen LogP contribution in [0.5, 0.6) is 0 Å². The molecular formula is C10H20Cl. The molecule has 0 aliphatic heterocycles. The summed E-state index contributed by atoms with van der Waals surface area (Å²) < 4.78 is 0. The third kappa shape index (κ3) is 10.3. The van der Waals surface area contributed by atoms with Crippen molar-refractivity contribution in [2.24, 2.45) is 0 Å². The summed E-state index contributed by atoms with van der Waals surface area (Å²) in [5.74, 6) is 0.832. The maximum absolute atomic E-state index is 5.56. The standard InChI is InChI=1S/C10H20Cl/c1-2-3-4-5-6-7-8-9-10-11/h1-10H2. The smallest absolute Gasteiger partial charge is 0.0223 e. The molecule has 0 N–H and O–H groups in total. The first-order valence-electron chi connectivity index (χ1n) is 4.77. The lowest BCUT2D eigenvalue weighted by atomic mass is 10.1. The van der Waals surface area contributed by atoms with Crippen molar-refractivity contribution in [3.8, 4) is 0 Å². The van der Waals surface area contributed by atoms with Gasteiger partial charge in [-0.25, -0.2) is 0 Å². The van der Waals surface area contributed by atoms with Crippen LogP contribution in [0.1, 0.15) is 51.4 Å². The van der Waals surface area contributed by atoms with Gasteiger partial charge in [-0.15, -0.1) is 11.6 Å². The van der Waals surface area contributed by atoms with Crippen LogP contribution in [0.25, 0.3) is 0 Å².